The molecule has 3 nitrogen and oxygen atoms in total. The fourth-order valence-corrected chi connectivity index (χ4v) is 1.34. The van der Waals surface area contributed by atoms with Crippen LogP contribution in [0.25, 0.3) is 0 Å². The van der Waals surface area contributed by atoms with E-state index in [9.17, 15) is 9.18 Å². The molecule has 17 heavy (non-hydrogen) atoms. The lowest BCUT2D eigenvalue weighted by atomic mass is 10.1. The first kappa shape index (κ1) is 15.9. The number of hydrogen-bond acceptors (Lipinski definition) is 2. The zero-order valence-corrected chi connectivity index (χ0v) is 10.6. The van der Waals surface area contributed by atoms with Crippen molar-refractivity contribution in [2.24, 2.45) is 0 Å². The van der Waals surface area contributed by atoms with E-state index in [1.807, 2.05) is 7.05 Å². The summed E-state index contributed by atoms with van der Waals surface area (Å²) in [7, 11) is 1.88. The molecule has 0 radical (unpaired) electrons. The molecule has 96 valence electrons. The van der Waals surface area contributed by atoms with Gasteiger partial charge < -0.3 is 10.6 Å². The summed E-state index contributed by atoms with van der Waals surface area (Å²) in [6, 6.07) is 5.98. The van der Waals surface area contributed by atoms with Crippen molar-refractivity contribution in [2.45, 2.75) is 12.8 Å². The van der Waals surface area contributed by atoms with Crippen LogP contribution in [-0.4, -0.2) is 26.0 Å². The average molecular weight is 261 g/mol. The second kappa shape index (κ2) is 8.96. The molecule has 0 saturated heterocycles. The molecule has 0 aliphatic rings. The number of carbonyl (C=O) groups is 1. The van der Waals surface area contributed by atoms with Crippen LogP contribution in [-0.2, 0) is 11.2 Å². The number of carbonyl (C=O) groups excluding carboxylic acids is 1. The highest BCUT2D eigenvalue weighted by Crippen LogP contribution is 2.03. The summed E-state index contributed by atoms with van der Waals surface area (Å²) in [6.07, 6.45) is 1.21. The van der Waals surface area contributed by atoms with Crippen molar-refractivity contribution in [2.75, 3.05) is 20.1 Å². The van der Waals surface area contributed by atoms with E-state index in [-0.39, 0.29) is 24.1 Å². The van der Waals surface area contributed by atoms with Crippen LogP contribution in [0.2, 0.25) is 0 Å². The summed E-state index contributed by atoms with van der Waals surface area (Å²) in [4.78, 5) is 11.4. The molecule has 0 atom stereocenters. The Morgan fingerprint density at radius 3 is 2.47 bits per heavy atom. The number of rotatable bonds is 6. The van der Waals surface area contributed by atoms with E-state index in [4.69, 9.17) is 0 Å². The molecule has 1 rings (SSSR count). The van der Waals surface area contributed by atoms with E-state index in [0.717, 1.165) is 18.5 Å². The second-order valence-corrected chi connectivity index (χ2v) is 3.61. The van der Waals surface area contributed by atoms with Crippen molar-refractivity contribution in [1.82, 2.24) is 10.6 Å². The zero-order valence-electron chi connectivity index (χ0n) is 9.83. The molecular weight excluding hydrogens is 243 g/mol. The number of nitrogens with one attached hydrogen (secondary N) is 2. The van der Waals surface area contributed by atoms with Crippen LogP contribution in [0.4, 0.5) is 4.39 Å². The second-order valence-electron chi connectivity index (χ2n) is 3.61. The highest BCUT2D eigenvalue weighted by atomic mass is 35.5. The van der Waals surface area contributed by atoms with Crippen LogP contribution in [0.1, 0.15) is 12.0 Å². The predicted molar refractivity (Wildman–Crippen MR) is 68.9 cm³/mol. The maximum absolute atomic E-state index is 12.6. The van der Waals surface area contributed by atoms with Gasteiger partial charge in [0.15, 0.2) is 0 Å². The molecule has 0 aliphatic carbocycles. The summed E-state index contributed by atoms with van der Waals surface area (Å²) < 4.78 is 12.6. The molecule has 0 saturated carbocycles. The Kier molecular flexibility index (Phi) is 8.36. The Labute approximate surface area is 107 Å². The summed E-state index contributed by atoms with van der Waals surface area (Å²) >= 11 is 0. The van der Waals surface area contributed by atoms with Gasteiger partial charge in [0.25, 0.3) is 0 Å². The van der Waals surface area contributed by atoms with E-state index < -0.39 is 0 Å². The highest BCUT2D eigenvalue weighted by Gasteiger charge is 2.02. The molecule has 0 unspecified atom stereocenters. The van der Waals surface area contributed by atoms with Gasteiger partial charge in [-0.3, -0.25) is 4.79 Å². The molecule has 1 aromatic carbocycles. The SMILES string of the molecule is CNCCCNC(=O)Cc1ccc(F)cc1.Cl. The van der Waals surface area contributed by atoms with Crippen LogP contribution in [0.15, 0.2) is 24.3 Å². The lowest BCUT2D eigenvalue weighted by molar-refractivity contribution is -0.120. The monoisotopic (exact) mass is 260 g/mol. The molecule has 1 amide bonds. The Morgan fingerprint density at radius 1 is 1.24 bits per heavy atom. The van der Waals surface area contributed by atoms with E-state index in [1.165, 1.54) is 12.1 Å². The standard InChI is InChI=1S/C12H17FN2O.ClH/c1-14-7-2-8-15-12(16)9-10-3-5-11(13)6-4-10;/h3-6,14H,2,7-9H2,1H3,(H,15,16);1H. The van der Waals surface area contributed by atoms with E-state index >= 15 is 0 Å². The molecule has 0 heterocycles. The molecule has 5 heteroatoms. The van der Waals surface area contributed by atoms with Gasteiger partial charge in [-0.15, -0.1) is 12.4 Å². The first-order valence-electron chi connectivity index (χ1n) is 5.38. The van der Waals surface area contributed by atoms with E-state index in [1.54, 1.807) is 12.1 Å². The van der Waals surface area contributed by atoms with Gasteiger partial charge in [0.05, 0.1) is 6.42 Å². The highest BCUT2D eigenvalue weighted by molar-refractivity contribution is 5.85. The largest absolute Gasteiger partial charge is 0.356 e. The van der Waals surface area contributed by atoms with Crippen molar-refractivity contribution in [3.63, 3.8) is 0 Å². The van der Waals surface area contributed by atoms with Gasteiger partial charge in [0.1, 0.15) is 5.82 Å². The molecule has 0 bridgehead atoms. The van der Waals surface area contributed by atoms with Crippen LogP contribution in [0, 0.1) is 5.82 Å². The van der Waals surface area contributed by atoms with Gasteiger partial charge in [-0.25, -0.2) is 4.39 Å². The minimum absolute atomic E-state index is 0. The van der Waals surface area contributed by atoms with Crippen LogP contribution in [0.3, 0.4) is 0 Å². The van der Waals surface area contributed by atoms with Gasteiger partial charge in [0, 0.05) is 6.54 Å². The molecule has 1 aromatic rings. The lowest BCUT2D eigenvalue weighted by Crippen LogP contribution is -2.27. The van der Waals surface area contributed by atoms with E-state index in [0.29, 0.717) is 13.0 Å². The van der Waals surface area contributed by atoms with Gasteiger partial charge in [-0.1, -0.05) is 12.1 Å². The maximum Gasteiger partial charge on any atom is 0.224 e. The van der Waals surface area contributed by atoms with Crippen LogP contribution < -0.4 is 10.6 Å². The van der Waals surface area contributed by atoms with Gasteiger partial charge >= 0.3 is 0 Å². The quantitative estimate of drug-likeness (QED) is 0.762. The Hall–Kier alpha value is -1.13. The smallest absolute Gasteiger partial charge is 0.224 e. The average Bonchev–Trinajstić information content (AvgIpc) is 2.28. The minimum Gasteiger partial charge on any atom is -0.356 e. The third-order valence-electron chi connectivity index (χ3n) is 2.20. The first-order chi connectivity index (χ1) is 7.72. The lowest BCUT2D eigenvalue weighted by Gasteiger charge is -2.04. The van der Waals surface area contributed by atoms with Crippen molar-refractivity contribution >= 4 is 18.3 Å². The third-order valence-corrected chi connectivity index (χ3v) is 2.20. The van der Waals surface area contributed by atoms with Crippen molar-refractivity contribution < 1.29 is 9.18 Å². The van der Waals surface area contributed by atoms with Crippen molar-refractivity contribution in [1.29, 1.82) is 0 Å². The normalized spacial score (nSPS) is 9.53. The Balaban J connectivity index is 0.00000256. The van der Waals surface area contributed by atoms with Gasteiger partial charge in [0.2, 0.25) is 5.91 Å². The summed E-state index contributed by atoms with van der Waals surface area (Å²) in [5.41, 5.74) is 0.826. The maximum atomic E-state index is 12.6. The number of halogens is 2. The molecule has 2 N–H and O–H groups in total. The minimum atomic E-state index is -0.279. The number of benzene rings is 1. The van der Waals surface area contributed by atoms with Crippen molar-refractivity contribution in [3.05, 3.63) is 35.6 Å². The molecular formula is C12H18ClFN2O. The van der Waals surface area contributed by atoms with E-state index in [2.05, 4.69) is 10.6 Å². The van der Waals surface area contributed by atoms with Crippen LogP contribution in [0.5, 0.6) is 0 Å². The Bertz CT molecular complexity index is 330. The number of hydrogen-bond donors (Lipinski definition) is 2. The van der Waals surface area contributed by atoms with Crippen LogP contribution >= 0.6 is 12.4 Å². The number of amides is 1. The fraction of sp³-hybridized carbons (Fsp3) is 0.417. The molecule has 0 spiro atoms. The Morgan fingerprint density at radius 2 is 1.88 bits per heavy atom. The third kappa shape index (κ3) is 6.92. The first-order valence-corrected chi connectivity index (χ1v) is 5.38. The molecule has 0 aromatic heterocycles. The summed E-state index contributed by atoms with van der Waals surface area (Å²) in [5.74, 6) is -0.305. The molecule has 0 fully saturated rings. The molecule has 0 aliphatic heterocycles. The van der Waals surface area contributed by atoms with Crippen molar-refractivity contribution in [3.8, 4) is 0 Å². The summed E-state index contributed by atoms with van der Waals surface area (Å²) in [5, 5.41) is 5.81. The van der Waals surface area contributed by atoms with Gasteiger partial charge in [-0.05, 0) is 37.7 Å². The topological polar surface area (TPSA) is 41.1 Å². The fourth-order valence-electron chi connectivity index (χ4n) is 1.34. The summed E-state index contributed by atoms with van der Waals surface area (Å²) in [6.45, 7) is 1.55. The zero-order chi connectivity index (χ0) is 11.8. The predicted octanol–water partition coefficient (Wildman–Crippen LogP) is 1.52. The van der Waals surface area contributed by atoms with Gasteiger partial charge in [-0.2, -0.15) is 0 Å².